The molecule has 0 aliphatic heterocycles. The minimum absolute atomic E-state index is 0.375. The van der Waals surface area contributed by atoms with Crippen molar-refractivity contribution in [2.24, 2.45) is 5.14 Å². The number of hydrogen-bond acceptors (Lipinski definition) is 4. The average Bonchev–Trinajstić information content (AvgIpc) is 2.95. The van der Waals surface area contributed by atoms with Crippen molar-refractivity contribution in [2.45, 2.75) is 25.7 Å². The van der Waals surface area contributed by atoms with E-state index in [9.17, 15) is 4.39 Å². The van der Waals surface area contributed by atoms with Gasteiger partial charge in [-0.15, -0.1) is 0 Å². The second kappa shape index (κ2) is 6.18. The van der Waals surface area contributed by atoms with Crippen LogP contribution in [0.15, 0.2) is 45.8 Å². The van der Waals surface area contributed by atoms with Gasteiger partial charge in [0.25, 0.3) is 0 Å². The maximum atomic E-state index is 14.2. The molecule has 2 N–H and O–H groups in total. The lowest BCUT2D eigenvalue weighted by Crippen LogP contribution is -1.90. The highest BCUT2D eigenvalue weighted by atomic mass is 32.2. The summed E-state index contributed by atoms with van der Waals surface area (Å²) < 4.78 is 19.6. The Morgan fingerprint density at radius 3 is 2.35 bits per heavy atom. The summed E-state index contributed by atoms with van der Waals surface area (Å²) >= 11 is 1.01. The number of benzene rings is 2. The fraction of sp³-hybridized carbons (Fsp3) is 0.167. The third-order valence-electron chi connectivity index (χ3n) is 3.79. The lowest BCUT2D eigenvalue weighted by atomic mass is 9.97. The number of hydrogen-bond donors (Lipinski definition) is 1. The summed E-state index contributed by atoms with van der Waals surface area (Å²) in [7, 11) is 0. The van der Waals surface area contributed by atoms with Crippen LogP contribution in [0.25, 0.3) is 22.6 Å². The molecular formula is C18H17FN2OS. The van der Waals surface area contributed by atoms with Crippen LogP contribution in [-0.2, 0) is 0 Å². The van der Waals surface area contributed by atoms with E-state index >= 15 is 0 Å². The van der Waals surface area contributed by atoms with Crippen LogP contribution in [0.1, 0.15) is 16.7 Å². The highest BCUT2D eigenvalue weighted by Gasteiger charge is 2.15. The van der Waals surface area contributed by atoms with Gasteiger partial charge in [-0.05, 0) is 62.0 Å². The fourth-order valence-corrected chi connectivity index (χ4v) is 3.19. The van der Waals surface area contributed by atoms with Gasteiger partial charge in [-0.3, -0.25) is 5.14 Å². The van der Waals surface area contributed by atoms with E-state index in [1.807, 2.05) is 13.8 Å². The van der Waals surface area contributed by atoms with Gasteiger partial charge in [-0.2, -0.15) is 0 Å². The largest absolute Gasteiger partial charge is 0.356 e. The maximum Gasteiger partial charge on any atom is 0.170 e. The number of nitrogens with two attached hydrogens (primary N) is 1. The molecule has 0 fully saturated rings. The molecule has 2 aromatic carbocycles. The van der Waals surface area contributed by atoms with Gasteiger partial charge < -0.3 is 4.52 Å². The second-order valence-electron chi connectivity index (χ2n) is 5.61. The number of aryl methyl sites for hydroxylation is 3. The summed E-state index contributed by atoms with van der Waals surface area (Å²) in [6.07, 6.45) is 0. The van der Waals surface area contributed by atoms with Crippen molar-refractivity contribution in [3.05, 3.63) is 58.9 Å². The lowest BCUT2D eigenvalue weighted by molar-refractivity contribution is 0.432. The van der Waals surface area contributed by atoms with E-state index in [4.69, 9.17) is 9.66 Å². The van der Waals surface area contributed by atoms with Gasteiger partial charge in [-0.1, -0.05) is 22.9 Å². The summed E-state index contributed by atoms with van der Waals surface area (Å²) in [5.74, 6) is 0.0333. The Morgan fingerprint density at radius 2 is 1.74 bits per heavy atom. The standard InChI is InChI=1S/C18H17FN2OS/c1-10-6-11(2)18(12(3)7-10)16-9-17(22-21-16)14-5-4-13(23-20)8-15(14)19/h4-9H,20H2,1-3H3. The van der Waals surface area contributed by atoms with Crippen LogP contribution in [0, 0.1) is 26.6 Å². The molecule has 0 saturated heterocycles. The minimum Gasteiger partial charge on any atom is -0.356 e. The predicted molar refractivity (Wildman–Crippen MR) is 91.6 cm³/mol. The van der Waals surface area contributed by atoms with Crippen molar-refractivity contribution in [3.63, 3.8) is 0 Å². The number of aromatic nitrogens is 1. The monoisotopic (exact) mass is 328 g/mol. The zero-order valence-corrected chi connectivity index (χ0v) is 14.0. The van der Waals surface area contributed by atoms with Gasteiger partial charge in [0.2, 0.25) is 0 Å². The molecule has 0 aliphatic carbocycles. The van der Waals surface area contributed by atoms with E-state index in [0.717, 1.165) is 28.6 Å². The first-order valence-electron chi connectivity index (χ1n) is 7.21. The van der Waals surface area contributed by atoms with Gasteiger partial charge in [0.05, 0.1) is 5.56 Å². The van der Waals surface area contributed by atoms with E-state index in [1.165, 1.54) is 11.6 Å². The van der Waals surface area contributed by atoms with Crippen molar-refractivity contribution in [2.75, 3.05) is 0 Å². The summed E-state index contributed by atoms with van der Waals surface area (Å²) in [5.41, 5.74) is 5.57. The van der Waals surface area contributed by atoms with Gasteiger partial charge in [0.15, 0.2) is 5.76 Å². The molecule has 0 amide bonds. The van der Waals surface area contributed by atoms with Crippen LogP contribution >= 0.6 is 11.9 Å². The molecule has 1 aromatic heterocycles. The summed E-state index contributed by atoms with van der Waals surface area (Å²) in [6.45, 7) is 6.14. The normalized spacial score (nSPS) is 11.0. The third-order valence-corrected chi connectivity index (χ3v) is 4.31. The van der Waals surface area contributed by atoms with Crippen LogP contribution < -0.4 is 5.14 Å². The molecule has 23 heavy (non-hydrogen) atoms. The average molecular weight is 328 g/mol. The quantitative estimate of drug-likeness (QED) is 0.684. The molecule has 3 rings (SSSR count). The zero-order chi connectivity index (χ0) is 16.6. The van der Waals surface area contributed by atoms with Gasteiger partial charge in [-0.25, -0.2) is 4.39 Å². The maximum absolute atomic E-state index is 14.2. The van der Waals surface area contributed by atoms with Gasteiger partial charge in [0.1, 0.15) is 11.5 Å². The molecule has 0 radical (unpaired) electrons. The molecule has 0 aliphatic rings. The smallest absolute Gasteiger partial charge is 0.170 e. The Balaban J connectivity index is 2.05. The lowest BCUT2D eigenvalue weighted by Gasteiger charge is -2.07. The molecular weight excluding hydrogens is 311 g/mol. The Kier molecular flexibility index (Phi) is 4.24. The summed E-state index contributed by atoms with van der Waals surface area (Å²) in [5, 5.41) is 9.57. The number of rotatable bonds is 3. The summed E-state index contributed by atoms with van der Waals surface area (Å²) in [4.78, 5) is 0.663. The SMILES string of the molecule is Cc1cc(C)c(-c2cc(-c3ccc(SN)cc3F)on2)c(C)c1. The first-order chi connectivity index (χ1) is 11.0. The zero-order valence-electron chi connectivity index (χ0n) is 13.2. The molecule has 0 spiro atoms. The van der Waals surface area contributed by atoms with E-state index < -0.39 is 0 Å². The molecule has 0 atom stereocenters. The van der Waals surface area contributed by atoms with Crippen LogP contribution in [0.2, 0.25) is 0 Å². The Bertz CT molecular complexity index is 850. The first-order valence-corrected chi connectivity index (χ1v) is 8.09. The highest BCUT2D eigenvalue weighted by molar-refractivity contribution is 7.97. The fourth-order valence-electron chi connectivity index (χ4n) is 2.87. The van der Waals surface area contributed by atoms with Crippen molar-refractivity contribution in [1.29, 1.82) is 0 Å². The van der Waals surface area contributed by atoms with E-state index in [1.54, 1.807) is 18.2 Å². The van der Waals surface area contributed by atoms with Crippen LogP contribution in [0.4, 0.5) is 4.39 Å². The van der Waals surface area contributed by atoms with Crippen LogP contribution in [0.3, 0.4) is 0 Å². The van der Waals surface area contributed by atoms with Crippen LogP contribution in [-0.4, -0.2) is 5.16 Å². The molecule has 0 bridgehead atoms. The van der Waals surface area contributed by atoms with Crippen molar-refractivity contribution < 1.29 is 8.91 Å². The van der Waals surface area contributed by atoms with Crippen molar-refractivity contribution in [1.82, 2.24) is 5.16 Å². The summed E-state index contributed by atoms with van der Waals surface area (Å²) in [6, 6.07) is 10.8. The molecule has 118 valence electrons. The van der Waals surface area contributed by atoms with Crippen LogP contribution in [0.5, 0.6) is 0 Å². The third kappa shape index (κ3) is 3.02. The van der Waals surface area contributed by atoms with Gasteiger partial charge >= 0.3 is 0 Å². The minimum atomic E-state index is -0.375. The first kappa shape index (κ1) is 15.8. The Hall–Kier alpha value is -2.11. The molecule has 3 nitrogen and oxygen atoms in total. The van der Waals surface area contributed by atoms with E-state index in [2.05, 4.69) is 24.2 Å². The Labute approximate surface area is 138 Å². The predicted octanol–water partition coefficient (Wildman–Crippen LogP) is 5.04. The topological polar surface area (TPSA) is 52.0 Å². The molecule has 5 heteroatoms. The van der Waals surface area contributed by atoms with E-state index in [0.29, 0.717) is 21.9 Å². The molecule has 0 unspecified atom stereocenters. The highest BCUT2D eigenvalue weighted by Crippen LogP contribution is 2.32. The van der Waals surface area contributed by atoms with Crippen molar-refractivity contribution in [3.8, 4) is 22.6 Å². The number of halogens is 1. The molecule has 0 saturated carbocycles. The second-order valence-corrected chi connectivity index (χ2v) is 6.32. The Morgan fingerprint density at radius 1 is 1.04 bits per heavy atom. The van der Waals surface area contributed by atoms with Gasteiger partial charge in [0, 0.05) is 16.5 Å². The number of nitrogens with zero attached hydrogens (tertiary/aromatic N) is 1. The molecule has 3 aromatic rings. The van der Waals surface area contributed by atoms with Crippen molar-refractivity contribution >= 4 is 11.9 Å². The van der Waals surface area contributed by atoms with E-state index in [-0.39, 0.29) is 5.82 Å². The molecule has 1 heterocycles.